The summed E-state index contributed by atoms with van der Waals surface area (Å²) >= 11 is 15.4. The van der Waals surface area contributed by atoms with E-state index < -0.39 is 0 Å². The van der Waals surface area contributed by atoms with Crippen LogP contribution < -0.4 is 4.74 Å². The van der Waals surface area contributed by atoms with Crippen molar-refractivity contribution in [3.05, 3.63) is 61.5 Å². The van der Waals surface area contributed by atoms with Gasteiger partial charge >= 0.3 is 0 Å². The van der Waals surface area contributed by atoms with Crippen LogP contribution in [0.15, 0.2) is 34.8 Å². The fourth-order valence-electron chi connectivity index (χ4n) is 2.64. The van der Waals surface area contributed by atoms with Crippen molar-refractivity contribution in [3.63, 3.8) is 0 Å². The number of rotatable bonds is 2. The number of halogens is 3. The number of hydrogen-bond acceptors (Lipinski definition) is 2. The van der Waals surface area contributed by atoms with E-state index in [0.29, 0.717) is 34.4 Å². The lowest BCUT2D eigenvalue weighted by molar-refractivity contribution is 0.0829. The maximum Gasteiger partial charge on any atom is 0.173 e. The van der Waals surface area contributed by atoms with Crippen molar-refractivity contribution in [2.45, 2.75) is 13.3 Å². The third-order valence-electron chi connectivity index (χ3n) is 3.72. The van der Waals surface area contributed by atoms with Crippen LogP contribution in [0.3, 0.4) is 0 Å². The molecule has 0 N–H and O–H groups in total. The molecular weight excluding hydrogens is 387 g/mol. The Hall–Kier alpha value is -1.03. The smallest absolute Gasteiger partial charge is 0.173 e. The van der Waals surface area contributed by atoms with Gasteiger partial charge in [0.15, 0.2) is 5.78 Å². The van der Waals surface area contributed by atoms with E-state index in [4.69, 9.17) is 27.9 Å². The number of Topliss-reactive ketones (excluding diaryl/α,β-unsaturated/α-hetero) is 1. The Bertz CT molecular complexity index is 759. The molecule has 2 aromatic rings. The van der Waals surface area contributed by atoms with Gasteiger partial charge in [0.1, 0.15) is 5.75 Å². The summed E-state index contributed by atoms with van der Waals surface area (Å²) < 4.78 is 6.61. The van der Waals surface area contributed by atoms with E-state index in [9.17, 15) is 4.79 Å². The van der Waals surface area contributed by atoms with Crippen LogP contribution in [-0.2, 0) is 6.42 Å². The van der Waals surface area contributed by atoms with Crippen LogP contribution in [-0.4, -0.2) is 12.4 Å². The molecule has 114 valence electrons. The fraction of sp³-hybridized carbons (Fsp3) is 0.235. The lowest BCUT2D eigenvalue weighted by Gasteiger charge is -2.25. The average Bonchev–Trinajstić information content (AvgIpc) is 2.46. The van der Waals surface area contributed by atoms with Crippen LogP contribution in [0.4, 0.5) is 0 Å². The fourth-order valence-corrected chi connectivity index (χ4v) is 3.65. The first-order valence-corrected chi connectivity index (χ1v) is 8.41. The molecule has 1 heterocycles. The largest absolute Gasteiger partial charge is 0.491 e. The number of fused-ring (bicyclic) bond motifs is 1. The van der Waals surface area contributed by atoms with Gasteiger partial charge < -0.3 is 4.74 Å². The highest BCUT2D eigenvalue weighted by atomic mass is 79.9. The summed E-state index contributed by atoms with van der Waals surface area (Å²) in [6.45, 7) is 2.33. The Morgan fingerprint density at radius 1 is 1.23 bits per heavy atom. The average molecular weight is 400 g/mol. The van der Waals surface area contributed by atoms with E-state index >= 15 is 0 Å². The van der Waals surface area contributed by atoms with Crippen LogP contribution in [0.25, 0.3) is 0 Å². The summed E-state index contributed by atoms with van der Waals surface area (Å²) in [5, 5.41) is 1.02. The summed E-state index contributed by atoms with van der Waals surface area (Å²) in [4.78, 5) is 12.7. The molecule has 1 aliphatic heterocycles. The normalized spacial score (nSPS) is 17.1. The molecule has 5 heteroatoms. The first-order chi connectivity index (χ1) is 10.5. The van der Waals surface area contributed by atoms with E-state index in [-0.39, 0.29) is 11.7 Å². The van der Waals surface area contributed by atoms with E-state index in [0.717, 1.165) is 15.6 Å². The molecule has 0 aliphatic carbocycles. The van der Waals surface area contributed by atoms with Gasteiger partial charge in [-0.3, -0.25) is 4.79 Å². The molecule has 0 bridgehead atoms. The van der Waals surface area contributed by atoms with Crippen molar-refractivity contribution in [1.29, 1.82) is 0 Å². The van der Waals surface area contributed by atoms with Gasteiger partial charge in [0.25, 0.3) is 0 Å². The third kappa shape index (κ3) is 3.03. The van der Waals surface area contributed by atoms with E-state index in [1.54, 1.807) is 12.1 Å². The van der Waals surface area contributed by atoms with Crippen molar-refractivity contribution < 1.29 is 9.53 Å². The van der Waals surface area contributed by atoms with Gasteiger partial charge in [-0.25, -0.2) is 0 Å². The number of carbonyl (C=O) groups is 1. The molecule has 22 heavy (non-hydrogen) atoms. The van der Waals surface area contributed by atoms with Crippen molar-refractivity contribution in [2.75, 3.05) is 6.61 Å². The molecule has 2 aromatic carbocycles. The van der Waals surface area contributed by atoms with Crippen LogP contribution >= 0.6 is 39.1 Å². The van der Waals surface area contributed by atoms with Crippen LogP contribution in [0.1, 0.15) is 21.5 Å². The summed E-state index contributed by atoms with van der Waals surface area (Å²) in [7, 11) is 0. The molecule has 0 amide bonds. The second-order valence-corrected chi connectivity index (χ2v) is 7.12. The minimum atomic E-state index is -0.210. The molecule has 1 atom stereocenters. The highest BCUT2D eigenvalue weighted by Gasteiger charge is 2.30. The van der Waals surface area contributed by atoms with Gasteiger partial charge in [-0.1, -0.05) is 29.3 Å². The topological polar surface area (TPSA) is 26.3 Å². The summed E-state index contributed by atoms with van der Waals surface area (Å²) in [5.74, 6) is 0.538. The van der Waals surface area contributed by atoms with E-state index in [1.807, 2.05) is 25.1 Å². The minimum absolute atomic E-state index is 0.108. The van der Waals surface area contributed by atoms with Crippen molar-refractivity contribution in [2.24, 2.45) is 5.92 Å². The number of hydrogen-bond donors (Lipinski definition) is 0. The highest BCUT2D eigenvalue weighted by Crippen LogP contribution is 2.36. The van der Waals surface area contributed by atoms with Crippen LogP contribution in [0.2, 0.25) is 10.0 Å². The number of ketones is 1. The van der Waals surface area contributed by atoms with Crippen molar-refractivity contribution in [3.8, 4) is 5.75 Å². The van der Waals surface area contributed by atoms with Crippen molar-refractivity contribution in [1.82, 2.24) is 0 Å². The molecule has 0 radical (unpaired) electrons. The first kappa shape index (κ1) is 15.9. The molecule has 1 aliphatic rings. The lowest BCUT2D eigenvalue weighted by atomic mass is 9.89. The highest BCUT2D eigenvalue weighted by molar-refractivity contribution is 9.10. The Morgan fingerprint density at radius 2 is 2.00 bits per heavy atom. The Kier molecular flexibility index (Phi) is 4.49. The second kappa shape index (κ2) is 6.23. The maximum atomic E-state index is 12.7. The zero-order chi connectivity index (χ0) is 15.9. The molecule has 0 aromatic heterocycles. The predicted octanol–water partition coefficient (Wildman–Crippen LogP) is 5.50. The molecule has 1 unspecified atom stereocenters. The quantitative estimate of drug-likeness (QED) is 0.666. The van der Waals surface area contributed by atoms with Crippen molar-refractivity contribution >= 4 is 44.9 Å². The lowest BCUT2D eigenvalue weighted by Crippen LogP contribution is -2.29. The van der Waals surface area contributed by atoms with Gasteiger partial charge in [-0.05, 0) is 64.7 Å². The summed E-state index contributed by atoms with van der Waals surface area (Å²) in [6, 6.07) is 9.28. The Labute approximate surface area is 147 Å². The maximum absolute atomic E-state index is 12.7. The molecule has 2 nitrogen and oxygen atoms in total. The van der Waals surface area contributed by atoms with E-state index in [1.165, 1.54) is 0 Å². The number of aryl methyl sites for hydroxylation is 1. The molecule has 3 rings (SSSR count). The first-order valence-electron chi connectivity index (χ1n) is 6.87. The minimum Gasteiger partial charge on any atom is -0.491 e. The standard InChI is InChI=1S/C17H13BrCl2O2/c1-9-4-12-16(21)11(8-22-17(12)13(18)5-9)6-10-2-3-14(19)15(20)7-10/h2-5,7,11H,6,8H2,1H3. The van der Waals surface area contributed by atoms with Gasteiger partial charge in [0, 0.05) is 0 Å². The molecular formula is C17H13BrCl2O2. The number of carbonyl (C=O) groups excluding carboxylic acids is 1. The van der Waals surface area contributed by atoms with Crippen LogP contribution in [0, 0.1) is 12.8 Å². The van der Waals surface area contributed by atoms with E-state index in [2.05, 4.69) is 15.9 Å². The second-order valence-electron chi connectivity index (χ2n) is 5.45. The molecule has 0 saturated carbocycles. The predicted molar refractivity (Wildman–Crippen MR) is 92.4 cm³/mol. The van der Waals surface area contributed by atoms with Gasteiger partial charge in [-0.2, -0.15) is 0 Å². The monoisotopic (exact) mass is 398 g/mol. The SMILES string of the molecule is Cc1cc(Br)c2c(c1)C(=O)C(Cc1ccc(Cl)c(Cl)c1)CO2. The Morgan fingerprint density at radius 3 is 2.73 bits per heavy atom. The van der Waals surface area contributed by atoms with Gasteiger partial charge in [-0.15, -0.1) is 0 Å². The summed E-state index contributed by atoms with van der Waals surface area (Å²) in [5.41, 5.74) is 2.65. The van der Waals surface area contributed by atoms with Gasteiger partial charge in [0.2, 0.25) is 0 Å². The molecule has 0 spiro atoms. The number of ether oxygens (including phenoxy) is 1. The molecule has 0 saturated heterocycles. The zero-order valence-corrected chi connectivity index (χ0v) is 14.9. The van der Waals surface area contributed by atoms with Gasteiger partial charge in [0.05, 0.1) is 32.6 Å². The Balaban J connectivity index is 1.88. The third-order valence-corrected chi connectivity index (χ3v) is 5.05. The number of benzene rings is 2. The van der Waals surface area contributed by atoms with Crippen LogP contribution in [0.5, 0.6) is 5.75 Å². The molecule has 0 fully saturated rings. The zero-order valence-electron chi connectivity index (χ0n) is 11.8. The summed E-state index contributed by atoms with van der Waals surface area (Å²) in [6.07, 6.45) is 0.584.